The van der Waals surface area contributed by atoms with E-state index in [9.17, 15) is 5.11 Å². The van der Waals surface area contributed by atoms with E-state index in [0.29, 0.717) is 0 Å². The van der Waals surface area contributed by atoms with Crippen LogP contribution in [0.4, 0.5) is 34.1 Å². The Bertz CT molecular complexity index is 1340. The quantitative estimate of drug-likeness (QED) is 0.231. The first kappa shape index (κ1) is 25.1. The Balaban J connectivity index is 1.56. The Morgan fingerprint density at radius 1 is 0.474 bits per heavy atom. The molecule has 0 heterocycles. The van der Waals surface area contributed by atoms with Crippen LogP contribution in [0.5, 0.6) is 5.75 Å². The molecule has 4 heteroatoms. The highest BCUT2D eigenvalue weighted by Gasteiger charge is 2.16. The van der Waals surface area contributed by atoms with Gasteiger partial charge in [-0.25, -0.2) is 0 Å². The van der Waals surface area contributed by atoms with Crippen LogP contribution >= 0.6 is 0 Å². The summed E-state index contributed by atoms with van der Waals surface area (Å²) >= 11 is 0. The minimum Gasteiger partial charge on any atom is -0.497 e. The highest BCUT2D eigenvalue weighted by atomic mass is 16.5. The van der Waals surface area contributed by atoms with Crippen molar-refractivity contribution in [3.05, 3.63) is 138 Å². The Hall–Kier alpha value is -4.54. The number of ether oxygens (including phenoxy) is 1. The van der Waals surface area contributed by atoms with E-state index >= 15 is 0 Å². The van der Waals surface area contributed by atoms with Crippen molar-refractivity contribution in [1.29, 1.82) is 0 Å². The summed E-state index contributed by atoms with van der Waals surface area (Å²) in [5.74, 6) is 0.828. The van der Waals surface area contributed by atoms with Gasteiger partial charge in [0.25, 0.3) is 0 Å². The predicted molar refractivity (Wildman–Crippen MR) is 158 cm³/mol. The van der Waals surface area contributed by atoms with Gasteiger partial charge in [-0.15, -0.1) is 0 Å². The molecule has 38 heavy (non-hydrogen) atoms. The summed E-state index contributed by atoms with van der Waals surface area (Å²) in [5.41, 5.74) is 9.68. The largest absolute Gasteiger partial charge is 0.497 e. The molecule has 0 aliphatic rings. The lowest BCUT2D eigenvalue weighted by atomic mass is 10.1. The zero-order chi connectivity index (χ0) is 26.5. The van der Waals surface area contributed by atoms with Gasteiger partial charge in [-0.1, -0.05) is 47.5 Å². The summed E-state index contributed by atoms with van der Waals surface area (Å²) in [6.07, 6.45) is 0. The Kier molecular flexibility index (Phi) is 7.43. The molecule has 4 nitrogen and oxygen atoms in total. The van der Waals surface area contributed by atoms with Gasteiger partial charge in [0, 0.05) is 34.1 Å². The summed E-state index contributed by atoms with van der Waals surface area (Å²) < 4.78 is 5.39. The molecule has 0 unspecified atom stereocenters. The highest BCUT2D eigenvalue weighted by Crippen LogP contribution is 2.39. The number of aryl methyl sites for hydroxylation is 2. The van der Waals surface area contributed by atoms with Crippen LogP contribution in [0.15, 0.2) is 121 Å². The van der Waals surface area contributed by atoms with Gasteiger partial charge in [-0.3, -0.25) is 0 Å². The SMILES string of the molecule is COc1ccc(N(c2ccc(C)cc2)c2ccc(N(c3ccc(C)cc3)c3ccc(CO)cc3)cc2)cc1. The van der Waals surface area contributed by atoms with Gasteiger partial charge in [-0.05, 0) is 104 Å². The number of rotatable bonds is 8. The fourth-order valence-corrected chi connectivity index (χ4v) is 4.51. The molecule has 5 aromatic carbocycles. The lowest BCUT2D eigenvalue weighted by molar-refractivity contribution is 0.282. The minimum atomic E-state index is 0.0275. The van der Waals surface area contributed by atoms with E-state index in [1.165, 1.54) is 11.1 Å². The number of benzene rings is 5. The van der Waals surface area contributed by atoms with Gasteiger partial charge < -0.3 is 19.6 Å². The molecule has 0 amide bonds. The van der Waals surface area contributed by atoms with Crippen molar-refractivity contribution in [2.75, 3.05) is 16.9 Å². The van der Waals surface area contributed by atoms with Gasteiger partial charge in [-0.2, -0.15) is 0 Å². The zero-order valence-corrected chi connectivity index (χ0v) is 22.0. The van der Waals surface area contributed by atoms with Crippen molar-refractivity contribution < 1.29 is 9.84 Å². The Labute approximate surface area is 225 Å². The van der Waals surface area contributed by atoms with Gasteiger partial charge in [0.05, 0.1) is 13.7 Å². The van der Waals surface area contributed by atoms with E-state index < -0.39 is 0 Å². The third kappa shape index (κ3) is 5.41. The number of aliphatic hydroxyl groups excluding tert-OH is 1. The normalized spacial score (nSPS) is 10.7. The molecule has 0 aliphatic carbocycles. The molecule has 0 saturated carbocycles. The van der Waals surface area contributed by atoms with Crippen LogP contribution in [0.25, 0.3) is 0 Å². The summed E-state index contributed by atoms with van der Waals surface area (Å²) in [6, 6.07) is 41.9. The molecule has 0 atom stereocenters. The highest BCUT2D eigenvalue weighted by molar-refractivity contribution is 5.81. The van der Waals surface area contributed by atoms with E-state index in [0.717, 1.165) is 45.4 Å². The second kappa shape index (κ2) is 11.2. The second-order valence-corrected chi connectivity index (χ2v) is 9.38. The molecule has 5 rings (SSSR count). The number of anilines is 6. The summed E-state index contributed by atoms with van der Waals surface area (Å²) in [5, 5.41) is 9.52. The average Bonchev–Trinajstić information content (AvgIpc) is 2.97. The molecule has 190 valence electrons. The van der Waals surface area contributed by atoms with Crippen LogP contribution in [0.2, 0.25) is 0 Å². The van der Waals surface area contributed by atoms with Gasteiger partial charge in [0.2, 0.25) is 0 Å². The molecular formula is C34H32N2O2. The maximum Gasteiger partial charge on any atom is 0.119 e. The predicted octanol–water partition coefficient (Wildman–Crippen LogP) is 8.74. The minimum absolute atomic E-state index is 0.0275. The average molecular weight is 501 g/mol. The second-order valence-electron chi connectivity index (χ2n) is 9.38. The first-order chi connectivity index (χ1) is 18.6. The number of methoxy groups -OCH3 is 1. The molecule has 0 fully saturated rings. The van der Waals surface area contributed by atoms with Crippen LogP contribution in [0.1, 0.15) is 16.7 Å². The standard InChI is InChI=1S/C34H32N2O2/c1-25-4-10-28(11-5-25)35(30-14-8-27(24-37)9-15-30)31-16-18-32(19-17-31)36(29-12-6-26(2)7-13-29)33-20-22-34(38-3)23-21-33/h4-23,37H,24H2,1-3H3. The van der Waals surface area contributed by atoms with E-state index in [4.69, 9.17) is 4.74 Å². The van der Waals surface area contributed by atoms with Gasteiger partial charge >= 0.3 is 0 Å². The molecule has 5 aromatic rings. The van der Waals surface area contributed by atoms with E-state index in [2.05, 4.69) is 121 Å². The molecule has 0 aromatic heterocycles. The maximum atomic E-state index is 9.52. The topological polar surface area (TPSA) is 35.9 Å². The number of nitrogens with zero attached hydrogens (tertiary/aromatic N) is 2. The van der Waals surface area contributed by atoms with E-state index in [-0.39, 0.29) is 6.61 Å². The monoisotopic (exact) mass is 500 g/mol. The molecule has 1 N–H and O–H groups in total. The summed E-state index contributed by atoms with van der Waals surface area (Å²) in [6.45, 7) is 4.22. The smallest absolute Gasteiger partial charge is 0.119 e. The lowest BCUT2D eigenvalue weighted by Crippen LogP contribution is -2.12. The third-order valence-electron chi connectivity index (χ3n) is 6.66. The molecule has 0 bridgehead atoms. The fraction of sp³-hybridized carbons (Fsp3) is 0.118. The molecule has 0 spiro atoms. The van der Waals surface area contributed by atoms with E-state index in [1.54, 1.807) is 7.11 Å². The fourth-order valence-electron chi connectivity index (χ4n) is 4.51. The zero-order valence-electron chi connectivity index (χ0n) is 22.0. The first-order valence-corrected chi connectivity index (χ1v) is 12.7. The first-order valence-electron chi connectivity index (χ1n) is 12.7. The van der Waals surface area contributed by atoms with E-state index in [1.807, 2.05) is 24.3 Å². The van der Waals surface area contributed by atoms with Crippen molar-refractivity contribution in [1.82, 2.24) is 0 Å². The molecular weight excluding hydrogens is 468 g/mol. The Morgan fingerprint density at radius 2 is 0.763 bits per heavy atom. The maximum absolute atomic E-state index is 9.52. The van der Waals surface area contributed by atoms with Crippen molar-refractivity contribution in [3.8, 4) is 5.75 Å². The van der Waals surface area contributed by atoms with Crippen LogP contribution in [-0.4, -0.2) is 12.2 Å². The Morgan fingerprint density at radius 3 is 1.08 bits per heavy atom. The summed E-state index contributed by atoms with van der Waals surface area (Å²) in [4.78, 5) is 4.48. The summed E-state index contributed by atoms with van der Waals surface area (Å²) in [7, 11) is 1.68. The van der Waals surface area contributed by atoms with Crippen LogP contribution < -0.4 is 14.5 Å². The van der Waals surface area contributed by atoms with Crippen molar-refractivity contribution in [3.63, 3.8) is 0 Å². The van der Waals surface area contributed by atoms with Gasteiger partial charge in [0.1, 0.15) is 5.75 Å². The molecule has 0 saturated heterocycles. The molecule has 0 aliphatic heterocycles. The van der Waals surface area contributed by atoms with Crippen molar-refractivity contribution in [2.24, 2.45) is 0 Å². The van der Waals surface area contributed by atoms with Gasteiger partial charge in [0.15, 0.2) is 0 Å². The number of hydrogen-bond acceptors (Lipinski definition) is 4. The number of hydrogen-bond donors (Lipinski definition) is 1. The van der Waals surface area contributed by atoms with Crippen LogP contribution in [0, 0.1) is 13.8 Å². The van der Waals surface area contributed by atoms with Crippen LogP contribution in [0.3, 0.4) is 0 Å². The number of aliphatic hydroxyl groups is 1. The van der Waals surface area contributed by atoms with Crippen molar-refractivity contribution in [2.45, 2.75) is 20.5 Å². The molecule has 0 radical (unpaired) electrons. The third-order valence-corrected chi connectivity index (χ3v) is 6.66. The van der Waals surface area contributed by atoms with Crippen LogP contribution in [-0.2, 0) is 6.61 Å². The lowest BCUT2D eigenvalue weighted by Gasteiger charge is -2.28. The van der Waals surface area contributed by atoms with Crippen molar-refractivity contribution >= 4 is 34.1 Å².